The predicted octanol–water partition coefficient (Wildman–Crippen LogP) is 3.24. The number of anilines is 1. The zero-order valence-electron chi connectivity index (χ0n) is 12.6. The number of nitrogens with zero attached hydrogens (tertiary/aromatic N) is 1. The minimum absolute atomic E-state index is 0.256. The van der Waals surface area contributed by atoms with Crippen molar-refractivity contribution in [2.45, 2.75) is 51.5 Å². The number of rotatable bonds is 4. The zero-order valence-corrected chi connectivity index (χ0v) is 12.6. The molecular formula is C17H26N2O. The first-order chi connectivity index (χ1) is 9.58. The summed E-state index contributed by atoms with van der Waals surface area (Å²) in [4.78, 5) is 14.3. The second-order valence-corrected chi connectivity index (χ2v) is 6.08. The number of carbonyl (C=O) groups is 1. The summed E-state index contributed by atoms with van der Waals surface area (Å²) in [6, 6.07) is 8.24. The lowest BCUT2D eigenvalue weighted by Crippen LogP contribution is -2.42. The fourth-order valence-electron chi connectivity index (χ4n) is 3.23. The lowest BCUT2D eigenvalue weighted by molar-refractivity contribution is -0.133. The van der Waals surface area contributed by atoms with E-state index in [1.807, 2.05) is 36.2 Å². The number of nitrogen functional groups attached to an aromatic ring is 1. The Hall–Kier alpha value is -1.51. The van der Waals surface area contributed by atoms with Crippen molar-refractivity contribution >= 4 is 11.6 Å². The molecule has 110 valence electrons. The highest BCUT2D eigenvalue weighted by atomic mass is 16.2. The average molecular weight is 274 g/mol. The van der Waals surface area contributed by atoms with E-state index in [1.54, 1.807) is 0 Å². The topological polar surface area (TPSA) is 46.3 Å². The van der Waals surface area contributed by atoms with Crippen molar-refractivity contribution < 1.29 is 4.79 Å². The molecule has 1 amide bonds. The van der Waals surface area contributed by atoms with Gasteiger partial charge in [0, 0.05) is 25.2 Å². The minimum atomic E-state index is 0.256. The third-order valence-corrected chi connectivity index (χ3v) is 4.54. The monoisotopic (exact) mass is 274 g/mol. The Bertz CT molecular complexity index is 458. The van der Waals surface area contributed by atoms with Crippen molar-refractivity contribution in [2.75, 3.05) is 12.8 Å². The van der Waals surface area contributed by atoms with E-state index in [2.05, 4.69) is 6.92 Å². The van der Waals surface area contributed by atoms with Gasteiger partial charge in [0.05, 0.1) is 0 Å². The molecule has 2 N–H and O–H groups in total. The van der Waals surface area contributed by atoms with Gasteiger partial charge in [0.15, 0.2) is 0 Å². The van der Waals surface area contributed by atoms with Gasteiger partial charge in [0.25, 0.3) is 0 Å². The first-order valence-electron chi connectivity index (χ1n) is 7.68. The summed E-state index contributed by atoms with van der Waals surface area (Å²) in [6.45, 7) is 2.27. The normalized spacial score (nSPS) is 22.5. The van der Waals surface area contributed by atoms with Crippen molar-refractivity contribution in [3.63, 3.8) is 0 Å². The molecule has 20 heavy (non-hydrogen) atoms. The Morgan fingerprint density at radius 3 is 2.80 bits per heavy atom. The van der Waals surface area contributed by atoms with Crippen LogP contribution in [-0.4, -0.2) is 23.9 Å². The fraction of sp³-hybridized carbons (Fsp3) is 0.588. The van der Waals surface area contributed by atoms with E-state index in [0.717, 1.165) is 24.1 Å². The van der Waals surface area contributed by atoms with Crippen molar-refractivity contribution in [3.05, 3.63) is 29.8 Å². The number of aryl methyl sites for hydroxylation is 1. The summed E-state index contributed by atoms with van der Waals surface area (Å²) in [5.74, 6) is 0.885. The van der Waals surface area contributed by atoms with Crippen molar-refractivity contribution in [2.24, 2.45) is 5.92 Å². The largest absolute Gasteiger partial charge is 0.399 e. The standard InChI is InChI=1S/C17H26N2O/c1-13-6-3-4-9-16(13)19(2)17(20)11-10-14-7-5-8-15(18)12-14/h5,7-8,12-13,16H,3-4,6,9-11,18H2,1-2H3. The number of carbonyl (C=O) groups excluding carboxylic acids is 1. The number of amides is 1. The Kier molecular flexibility index (Phi) is 5.05. The van der Waals surface area contributed by atoms with Crippen LogP contribution >= 0.6 is 0 Å². The molecule has 1 aliphatic rings. The van der Waals surface area contributed by atoms with Crippen LogP contribution in [0.4, 0.5) is 5.69 Å². The lowest BCUT2D eigenvalue weighted by atomic mass is 9.85. The van der Waals surface area contributed by atoms with E-state index >= 15 is 0 Å². The number of benzene rings is 1. The van der Waals surface area contributed by atoms with E-state index in [1.165, 1.54) is 19.3 Å². The zero-order chi connectivity index (χ0) is 14.5. The van der Waals surface area contributed by atoms with Crippen LogP contribution in [0.5, 0.6) is 0 Å². The Labute approximate surface area is 122 Å². The minimum Gasteiger partial charge on any atom is -0.399 e. The van der Waals surface area contributed by atoms with Crippen LogP contribution in [0, 0.1) is 5.92 Å². The van der Waals surface area contributed by atoms with E-state index in [0.29, 0.717) is 18.4 Å². The molecule has 0 radical (unpaired) electrons. The average Bonchev–Trinajstić information content (AvgIpc) is 2.44. The highest BCUT2D eigenvalue weighted by Gasteiger charge is 2.27. The molecule has 1 aliphatic carbocycles. The first kappa shape index (κ1) is 14.9. The maximum absolute atomic E-state index is 12.3. The molecule has 0 spiro atoms. The van der Waals surface area contributed by atoms with Gasteiger partial charge in [-0.2, -0.15) is 0 Å². The highest BCUT2D eigenvalue weighted by Crippen LogP contribution is 2.27. The van der Waals surface area contributed by atoms with Gasteiger partial charge in [0.2, 0.25) is 5.91 Å². The van der Waals surface area contributed by atoms with Crippen molar-refractivity contribution in [3.8, 4) is 0 Å². The van der Waals surface area contributed by atoms with Crippen LogP contribution in [0.25, 0.3) is 0 Å². The SMILES string of the molecule is CC1CCCCC1N(C)C(=O)CCc1cccc(N)c1. The molecule has 0 saturated heterocycles. The van der Waals surface area contributed by atoms with Gasteiger partial charge in [0.1, 0.15) is 0 Å². The molecular weight excluding hydrogens is 248 g/mol. The van der Waals surface area contributed by atoms with Gasteiger partial charge in [-0.3, -0.25) is 4.79 Å². The summed E-state index contributed by atoms with van der Waals surface area (Å²) in [7, 11) is 1.97. The number of hydrogen-bond acceptors (Lipinski definition) is 2. The highest BCUT2D eigenvalue weighted by molar-refractivity contribution is 5.76. The molecule has 0 aliphatic heterocycles. The maximum atomic E-state index is 12.3. The van der Waals surface area contributed by atoms with Crippen LogP contribution in [0.2, 0.25) is 0 Å². The van der Waals surface area contributed by atoms with Crippen LogP contribution in [0.1, 0.15) is 44.6 Å². The molecule has 1 aromatic rings. The van der Waals surface area contributed by atoms with Crippen molar-refractivity contribution in [1.82, 2.24) is 4.90 Å². The van der Waals surface area contributed by atoms with E-state index in [4.69, 9.17) is 5.73 Å². The second-order valence-electron chi connectivity index (χ2n) is 6.08. The second kappa shape index (κ2) is 6.78. The third kappa shape index (κ3) is 3.75. The third-order valence-electron chi connectivity index (χ3n) is 4.54. The molecule has 2 atom stereocenters. The van der Waals surface area contributed by atoms with Gasteiger partial charge >= 0.3 is 0 Å². The Balaban J connectivity index is 1.87. The van der Waals surface area contributed by atoms with E-state index in [-0.39, 0.29) is 5.91 Å². The quantitative estimate of drug-likeness (QED) is 0.857. The number of nitrogens with two attached hydrogens (primary N) is 1. The van der Waals surface area contributed by atoms with Crippen LogP contribution in [0.15, 0.2) is 24.3 Å². The first-order valence-corrected chi connectivity index (χ1v) is 7.68. The molecule has 0 bridgehead atoms. The smallest absolute Gasteiger partial charge is 0.222 e. The summed E-state index contributed by atoms with van der Waals surface area (Å²) in [5, 5.41) is 0. The lowest BCUT2D eigenvalue weighted by Gasteiger charge is -2.36. The van der Waals surface area contributed by atoms with Crippen LogP contribution in [0.3, 0.4) is 0 Å². The van der Waals surface area contributed by atoms with E-state index in [9.17, 15) is 4.79 Å². The Morgan fingerprint density at radius 2 is 2.10 bits per heavy atom. The van der Waals surface area contributed by atoms with Gasteiger partial charge in [-0.25, -0.2) is 0 Å². The van der Waals surface area contributed by atoms with Gasteiger partial charge < -0.3 is 10.6 Å². The molecule has 1 saturated carbocycles. The molecule has 3 heteroatoms. The fourth-order valence-corrected chi connectivity index (χ4v) is 3.23. The van der Waals surface area contributed by atoms with Gasteiger partial charge in [-0.15, -0.1) is 0 Å². The summed E-state index contributed by atoms with van der Waals surface area (Å²) in [6.07, 6.45) is 6.31. The summed E-state index contributed by atoms with van der Waals surface area (Å²) >= 11 is 0. The van der Waals surface area contributed by atoms with E-state index < -0.39 is 0 Å². The molecule has 1 aromatic carbocycles. The molecule has 1 fully saturated rings. The summed E-state index contributed by atoms with van der Waals surface area (Å²) in [5.41, 5.74) is 7.67. The van der Waals surface area contributed by atoms with Crippen LogP contribution in [-0.2, 0) is 11.2 Å². The Morgan fingerprint density at radius 1 is 1.35 bits per heavy atom. The molecule has 2 unspecified atom stereocenters. The molecule has 0 aromatic heterocycles. The predicted molar refractivity (Wildman–Crippen MR) is 83.4 cm³/mol. The maximum Gasteiger partial charge on any atom is 0.222 e. The molecule has 2 rings (SSSR count). The molecule has 3 nitrogen and oxygen atoms in total. The van der Waals surface area contributed by atoms with Crippen molar-refractivity contribution in [1.29, 1.82) is 0 Å². The van der Waals surface area contributed by atoms with Gasteiger partial charge in [-0.05, 0) is 42.9 Å². The number of hydrogen-bond donors (Lipinski definition) is 1. The molecule has 0 heterocycles. The summed E-state index contributed by atoms with van der Waals surface area (Å²) < 4.78 is 0. The van der Waals surface area contributed by atoms with Gasteiger partial charge in [-0.1, -0.05) is 31.9 Å². The van der Waals surface area contributed by atoms with Crippen LogP contribution < -0.4 is 5.73 Å².